The number of anilines is 1. The molecule has 0 fully saturated rings. The first-order valence-corrected chi connectivity index (χ1v) is 13.4. The van der Waals surface area contributed by atoms with Crippen LogP contribution in [-0.2, 0) is 26.2 Å². The zero-order valence-corrected chi connectivity index (χ0v) is 23.0. The molecule has 0 saturated heterocycles. The Hall–Kier alpha value is -4.05. The number of rotatable bonds is 11. The molecule has 0 heterocycles. The van der Waals surface area contributed by atoms with Gasteiger partial charge < -0.3 is 19.7 Å². The predicted molar refractivity (Wildman–Crippen MR) is 146 cm³/mol. The Morgan fingerprint density at radius 1 is 0.947 bits per heavy atom. The van der Waals surface area contributed by atoms with Crippen LogP contribution < -0.4 is 19.1 Å². The van der Waals surface area contributed by atoms with Crippen LogP contribution in [0.1, 0.15) is 18.1 Å². The van der Waals surface area contributed by atoms with Gasteiger partial charge in [0.25, 0.3) is 10.0 Å². The van der Waals surface area contributed by atoms with Gasteiger partial charge in [-0.1, -0.05) is 42.0 Å². The summed E-state index contributed by atoms with van der Waals surface area (Å²) in [7, 11) is 0.269. The Morgan fingerprint density at radius 2 is 1.63 bits per heavy atom. The largest absolute Gasteiger partial charge is 0.497 e. The first-order chi connectivity index (χ1) is 18.1. The maximum atomic E-state index is 13.9. The monoisotopic (exact) mass is 539 g/mol. The van der Waals surface area contributed by atoms with Crippen LogP contribution >= 0.6 is 0 Å². The molecule has 0 spiro atoms. The minimum Gasteiger partial charge on any atom is -0.497 e. The normalized spacial score (nSPS) is 11.8. The molecule has 0 radical (unpaired) electrons. The van der Waals surface area contributed by atoms with Crippen LogP contribution in [0.25, 0.3) is 0 Å². The van der Waals surface area contributed by atoms with Crippen LogP contribution in [0.15, 0.2) is 77.7 Å². The number of ether oxygens (including phenoxy) is 2. The zero-order chi connectivity index (χ0) is 27.9. The van der Waals surface area contributed by atoms with E-state index in [2.05, 4.69) is 5.32 Å². The highest BCUT2D eigenvalue weighted by atomic mass is 32.2. The first-order valence-electron chi connectivity index (χ1n) is 12.0. The summed E-state index contributed by atoms with van der Waals surface area (Å²) >= 11 is 0. The van der Waals surface area contributed by atoms with Crippen molar-refractivity contribution in [1.82, 2.24) is 10.2 Å². The van der Waals surface area contributed by atoms with Gasteiger partial charge >= 0.3 is 0 Å². The van der Waals surface area contributed by atoms with Crippen molar-refractivity contribution in [3.8, 4) is 11.5 Å². The summed E-state index contributed by atoms with van der Waals surface area (Å²) in [6.45, 7) is 2.96. The molecule has 9 nitrogen and oxygen atoms in total. The van der Waals surface area contributed by atoms with E-state index in [1.165, 1.54) is 38.3 Å². The standard InChI is InChI=1S/C28H33N3O6S/c1-20-13-15-24(16-14-20)38(34,35)31(25-11-6-7-12-26(25)37-5)19-27(32)30(21(2)28(33)29-3)18-22-9-8-10-23(17-22)36-4/h6-17,21H,18-19H2,1-5H3,(H,29,33). The van der Waals surface area contributed by atoms with Crippen molar-refractivity contribution < 1.29 is 27.5 Å². The summed E-state index contributed by atoms with van der Waals surface area (Å²) in [5, 5.41) is 2.56. The Labute approximate surface area is 224 Å². The summed E-state index contributed by atoms with van der Waals surface area (Å²) in [4.78, 5) is 27.8. The second kappa shape index (κ2) is 12.5. The Balaban J connectivity index is 2.07. The van der Waals surface area contributed by atoms with E-state index in [9.17, 15) is 18.0 Å². The number of aryl methyl sites for hydroxylation is 1. The lowest BCUT2D eigenvalue weighted by molar-refractivity contribution is -0.139. The van der Waals surface area contributed by atoms with E-state index < -0.39 is 28.5 Å². The summed E-state index contributed by atoms with van der Waals surface area (Å²) < 4.78 is 39.5. The van der Waals surface area contributed by atoms with Crippen molar-refractivity contribution in [1.29, 1.82) is 0 Å². The minimum absolute atomic E-state index is 0.0282. The van der Waals surface area contributed by atoms with Crippen molar-refractivity contribution in [2.75, 3.05) is 32.1 Å². The van der Waals surface area contributed by atoms with E-state index in [4.69, 9.17) is 9.47 Å². The van der Waals surface area contributed by atoms with Crippen LogP contribution in [0.5, 0.6) is 11.5 Å². The van der Waals surface area contributed by atoms with Gasteiger partial charge in [-0.05, 0) is 55.8 Å². The number of amides is 2. The number of hydrogen-bond donors (Lipinski definition) is 1. The molecule has 2 amide bonds. The number of benzene rings is 3. The number of carbonyl (C=O) groups is 2. The average molecular weight is 540 g/mol. The molecule has 1 unspecified atom stereocenters. The highest BCUT2D eigenvalue weighted by molar-refractivity contribution is 7.92. The Morgan fingerprint density at radius 3 is 2.26 bits per heavy atom. The van der Waals surface area contributed by atoms with Crippen LogP contribution in [0, 0.1) is 6.92 Å². The first kappa shape index (κ1) is 28.5. The van der Waals surface area contributed by atoms with Crippen molar-refractivity contribution in [2.45, 2.75) is 31.3 Å². The van der Waals surface area contributed by atoms with Gasteiger partial charge in [-0.3, -0.25) is 13.9 Å². The number of carbonyl (C=O) groups excluding carboxylic acids is 2. The molecule has 0 saturated carbocycles. The summed E-state index contributed by atoms with van der Waals surface area (Å²) in [6, 6.07) is 19.2. The number of para-hydroxylation sites is 2. The fourth-order valence-corrected chi connectivity index (χ4v) is 5.37. The van der Waals surface area contributed by atoms with Crippen molar-refractivity contribution in [3.63, 3.8) is 0 Å². The van der Waals surface area contributed by atoms with Gasteiger partial charge in [-0.15, -0.1) is 0 Å². The second-order valence-corrected chi connectivity index (χ2v) is 10.5. The summed E-state index contributed by atoms with van der Waals surface area (Å²) in [5.74, 6) is -0.0632. The molecule has 0 aliphatic rings. The van der Waals surface area contributed by atoms with Crippen molar-refractivity contribution in [3.05, 3.63) is 83.9 Å². The van der Waals surface area contributed by atoms with E-state index in [0.717, 1.165) is 15.4 Å². The topological polar surface area (TPSA) is 105 Å². The molecule has 3 aromatic carbocycles. The molecule has 3 rings (SSSR count). The molecule has 1 N–H and O–H groups in total. The van der Waals surface area contributed by atoms with Gasteiger partial charge in [0, 0.05) is 13.6 Å². The SMILES string of the molecule is CNC(=O)C(C)N(Cc1cccc(OC)c1)C(=O)CN(c1ccccc1OC)S(=O)(=O)c1ccc(C)cc1. The summed E-state index contributed by atoms with van der Waals surface area (Å²) in [5.41, 5.74) is 1.82. The van der Waals surface area contributed by atoms with Gasteiger partial charge in [0.2, 0.25) is 11.8 Å². The third-order valence-corrected chi connectivity index (χ3v) is 7.92. The molecule has 38 heavy (non-hydrogen) atoms. The highest BCUT2D eigenvalue weighted by Gasteiger charge is 2.33. The number of hydrogen-bond acceptors (Lipinski definition) is 6. The molecule has 0 aliphatic carbocycles. The quantitative estimate of drug-likeness (QED) is 0.401. The fourth-order valence-electron chi connectivity index (χ4n) is 3.95. The maximum absolute atomic E-state index is 13.9. The Kier molecular flexibility index (Phi) is 9.35. The lowest BCUT2D eigenvalue weighted by Gasteiger charge is -2.32. The third kappa shape index (κ3) is 6.44. The summed E-state index contributed by atoms with van der Waals surface area (Å²) in [6.07, 6.45) is 0. The molecule has 10 heteroatoms. The van der Waals surface area contributed by atoms with E-state index in [1.807, 2.05) is 6.92 Å². The van der Waals surface area contributed by atoms with E-state index in [1.54, 1.807) is 67.6 Å². The third-order valence-electron chi connectivity index (χ3n) is 6.14. The fraction of sp³-hybridized carbons (Fsp3) is 0.286. The number of sulfonamides is 1. The highest BCUT2D eigenvalue weighted by Crippen LogP contribution is 2.32. The molecule has 1 atom stereocenters. The molecule has 3 aromatic rings. The lowest BCUT2D eigenvalue weighted by Crippen LogP contribution is -2.50. The molecule has 0 bridgehead atoms. The molecule has 0 aromatic heterocycles. The van der Waals surface area contributed by atoms with Crippen LogP contribution in [0.3, 0.4) is 0 Å². The molecule has 0 aliphatic heterocycles. The molecular weight excluding hydrogens is 506 g/mol. The number of methoxy groups -OCH3 is 2. The van der Waals surface area contributed by atoms with E-state index in [0.29, 0.717) is 5.75 Å². The van der Waals surface area contributed by atoms with E-state index >= 15 is 0 Å². The number of nitrogens with one attached hydrogen (secondary N) is 1. The maximum Gasteiger partial charge on any atom is 0.264 e. The number of nitrogens with zero attached hydrogens (tertiary/aromatic N) is 2. The molecular formula is C28H33N3O6S. The minimum atomic E-state index is -4.18. The van der Waals surface area contributed by atoms with Gasteiger partial charge in [0.15, 0.2) is 0 Å². The predicted octanol–water partition coefficient (Wildman–Crippen LogP) is 3.37. The van der Waals surface area contributed by atoms with Gasteiger partial charge in [0.05, 0.1) is 24.8 Å². The zero-order valence-electron chi connectivity index (χ0n) is 22.2. The van der Waals surface area contributed by atoms with Crippen LogP contribution in [-0.4, -0.2) is 59.0 Å². The van der Waals surface area contributed by atoms with E-state index in [-0.39, 0.29) is 28.8 Å². The number of likely N-dealkylation sites (N-methyl/N-ethyl adjacent to an activating group) is 1. The smallest absolute Gasteiger partial charge is 0.264 e. The average Bonchev–Trinajstić information content (AvgIpc) is 2.93. The Bertz CT molecular complexity index is 1380. The van der Waals surface area contributed by atoms with Crippen molar-refractivity contribution in [2.24, 2.45) is 0 Å². The van der Waals surface area contributed by atoms with Gasteiger partial charge in [0.1, 0.15) is 24.1 Å². The molecule has 202 valence electrons. The second-order valence-electron chi connectivity index (χ2n) is 8.66. The lowest BCUT2D eigenvalue weighted by atomic mass is 10.1. The van der Waals surface area contributed by atoms with Gasteiger partial charge in [-0.25, -0.2) is 8.42 Å². The van der Waals surface area contributed by atoms with Gasteiger partial charge in [-0.2, -0.15) is 0 Å². The van der Waals surface area contributed by atoms with Crippen LogP contribution in [0.2, 0.25) is 0 Å². The van der Waals surface area contributed by atoms with Crippen molar-refractivity contribution >= 4 is 27.5 Å². The van der Waals surface area contributed by atoms with Crippen LogP contribution in [0.4, 0.5) is 5.69 Å².